The largest absolute Gasteiger partial charge is 0.497 e. The Morgan fingerprint density at radius 2 is 2.08 bits per heavy atom. The maximum atomic E-state index is 12.0. The summed E-state index contributed by atoms with van der Waals surface area (Å²) in [6, 6.07) is 5.43. The number of carbonyl (C=O) groups excluding carboxylic acids is 1. The van der Waals surface area contributed by atoms with Crippen LogP contribution in [0.2, 0.25) is 0 Å². The third-order valence-corrected chi connectivity index (χ3v) is 3.46. The minimum Gasteiger partial charge on any atom is -0.497 e. The Hall–Kier alpha value is -3.10. The van der Waals surface area contributed by atoms with Gasteiger partial charge in [-0.15, -0.1) is 5.10 Å². The Kier molecular flexibility index (Phi) is 6.33. The molecule has 1 heterocycles. The first-order valence-electron chi connectivity index (χ1n) is 7.60. The highest BCUT2D eigenvalue weighted by atomic mass is 16.5. The van der Waals surface area contributed by atoms with E-state index in [2.05, 4.69) is 15.6 Å². The van der Waals surface area contributed by atoms with Crippen LogP contribution in [0.25, 0.3) is 0 Å². The minimum atomic E-state index is -1.01. The molecular weight excluding hydrogens is 328 g/mol. The highest BCUT2D eigenvalue weighted by Crippen LogP contribution is 2.25. The maximum absolute atomic E-state index is 12.0. The van der Waals surface area contributed by atoms with Crippen LogP contribution in [-0.4, -0.2) is 46.2 Å². The normalized spacial score (nSPS) is 10.3. The summed E-state index contributed by atoms with van der Waals surface area (Å²) in [6.07, 6.45) is 2.25. The van der Waals surface area contributed by atoms with Crippen molar-refractivity contribution in [1.29, 1.82) is 0 Å². The molecule has 0 saturated carbocycles. The summed E-state index contributed by atoms with van der Waals surface area (Å²) in [6.45, 7) is -0.0791. The number of nitrogens with one attached hydrogen (secondary N) is 1. The van der Waals surface area contributed by atoms with Gasteiger partial charge >= 0.3 is 5.97 Å². The SMILES string of the molecule is COc1ccc(OC)c(CCC(=O)NCc2cn(CC(=O)O)nn2)c1. The molecule has 1 aromatic heterocycles. The number of carboxylic acid groups (broad SMARTS) is 1. The lowest BCUT2D eigenvalue weighted by molar-refractivity contribution is -0.138. The minimum absolute atomic E-state index is 0.155. The molecule has 9 nitrogen and oxygen atoms in total. The second-order valence-corrected chi connectivity index (χ2v) is 5.26. The molecule has 0 unspecified atom stereocenters. The molecule has 134 valence electrons. The van der Waals surface area contributed by atoms with E-state index in [0.717, 1.165) is 5.56 Å². The van der Waals surface area contributed by atoms with Gasteiger partial charge in [0.25, 0.3) is 0 Å². The smallest absolute Gasteiger partial charge is 0.325 e. The summed E-state index contributed by atoms with van der Waals surface area (Å²) in [5, 5.41) is 18.9. The number of carboxylic acids is 1. The summed E-state index contributed by atoms with van der Waals surface area (Å²) < 4.78 is 11.7. The van der Waals surface area contributed by atoms with Crippen molar-refractivity contribution in [3.8, 4) is 11.5 Å². The van der Waals surface area contributed by atoms with Crippen LogP contribution in [0.15, 0.2) is 24.4 Å². The van der Waals surface area contributed by atoms with E-state index in [1.807, 2.05) is 6.07 Å². The van der Waals surface area contributed by atoms with Gasteiger partial charge in [0, 0.05) is 6.42 Å². The van der Waals surface area contributed by atoms with Crippen LogP contribution in [0.4, 0.5) is 0 Å². The number of carbonyl (C=O) groups is 2. The lowest BCUT2D eigenvalue weighted by atomic mass is 10.1. The zero-order valence-electron chi connectivity index (χ0n) is 14.1. The number of aliphatic carboxylic acids is 1. The van der Waals surface area contributed by atoms with Gasteiger partial charge in [0.15, 0.2) is 0 Å². The fourth-order valence-electron chi connectivity index (χ4n) is 2.24. The van der Waals surface area contributed by atoms with E-state index in [-0.39, 0.29) is 25.4 Å². The van der Waals surface area contributed by atoms with E-state index < -0.39 is 5.97 Å². The number of hydrogen-bond donors (Lipinski definition) is 2. The molecule has 0 spiro atoms. The molecule has 1 amide bonds. The molecule has 9 heteroatoms. The molecule has 0 fully saturated rings. The second kappa shape index (κ2) is 8.67. The van der Waals surface area contributed by atoms with E-state index in [1.165, 1.54) is 10.9 Å². The lowest BCUT2D eigenvalue weighted by Crippen LogP contribution is -2.23. The average molecular weight is 348 g/mol. The first-order chi connectivity index (χ1) is 12.0. The molecule has 1 aromatic carbocycles. The van der Waals surface area contributed by atoms with Crippen LogP contribution in [0.1, 0.15) is 17.7 Å². The number of methoxy groups -OCH3 is 2. The van der Waals surface area contributed by atoms with Crippen LogP contribution in [-0.2, 0) is 29.1 Å². The Morgan fingerprint density at radius 3 is 2.76 bits per heavy atom. The zero-order valence-corrected chi connectivity index (χ0v) is 14.1. The van der Waals surface area contributed by atoms with Crippen molar-refractivity contribution >= 4 is 11.9 Å². The molecule has 25 heavy (non-hydrogen) atoms. The summed E-state index contributed by atoms with van der Waals surface area (Å²) in [4.78, 5) is 22.6. The zero-order chi connectivity index (χ0) is 18.2. The fourth-order valence-corrected chi connectivity index (χ4v) is 2.24. The molecule has 0 aliphatic heterocycles. The first kappa shape index (κ1) is 18.2. The van der Waals surface area contributed by atoms with Gasteiger partial charge in [0.1, 0.15) is 23.7 Å². The predicted molar refractivity (Wildman–Crippen MR) is 87.4 cm³/mol. The van der Waals surface area contributed by atoms with Gasteiger partial charge in [-0.3, -0.25) is 9.59 Å². The van der Waals surface area contributed by atoms with Crippen molar-refractivity contribution in [3.05, 3.63) is 35.7 Å². The number of hydrogen-bond acceptors (Lipinski definition) is 6. The summed E-state index contributed by atoms with van der Waals surface area (Å²) >= 11 is 0. The number of nitrogens with zero attached hydrogens (tertiary/aromatic N) is 3. The molecule has 0 radical (unpaired) electrons. The molecule has 2 N–H and O–H groups in total. The quantitative estimate of drug-likeness (QED) is 0.683. The van der Waals surface area contributed by atoms with Crippen LogP contribution in [0, 0.1) is 0 Å². The van der Waals surface area contributed by atoms with Gasteiger partial charge in [-0.2, -0.15) is 0 Å². The lowest BCUT2D eigenvalue weighted by Gasteiger charge is -2.10. The number of rotatable bonds is 9. The molecule has 0 aliphatic rings. The Bertz CT molecular complexity index is 744. The molecule has 2 rings (SSSR count). The first-order valence-corrected chi connectivity index (χ1v) is 7.60. The predicted octanol–water partition coefficient (Wildman–Crippen LogP) is 0.629. The second-order valence-electron chi connectivity index (χ2n) is 5.26. The number of aryl methyl sites for hydroxylation is 1. The van der Waals surface area contributed by atoms with Gasteiger partial charge in [0.2, 0.25) is 5.91 Å². The van der Waals surface area contributed by atoms with Crippen LogP contribution < -0.4 is 14.8 Å². The standard InChI is InChI=1S/C16H20N4O5/c1-24-13-4-5-14(25-2)11(7-13)3-6-15(21)17-8-12-9-20(19-18-12)10-16(22)23/h4-5,7,9H,3,6,8,10H2,1-2H3,(H,17,21)(H,22,23). The summed E-state index contributed by atoms with van der Waals surface area (Å²) in [5.41, 5.74) is 1.37. The van der Waals surface area contributed by atoms with Crippen molar-refractivity contribution in [2.75, 3.05) is 14.2 Å². The third kappa shape index (κ3) is 5.48. The highest BCUT2D eigenvalue weighted by Gasteiger charge is 2.10. The molecule has 0 atom stereocenters. The number of amides is 1. The Morgan fingerprint density at radius 1 is 1.28 bits per heavy atom. The Balaban J connectivity index is 1.84. The van der Waals surface area contributed by atoms with Crippen molar-refractivity contribution in [2.45, 2.75) is 25.9 Å². The average Bonchev–Trinajstić information content (AvgIpc) is 3.04. The van der Waals surface area contributed by atoms with Crippen molar-refractivity contribution in [2.24, 2.45) is 0 Å². The molecule has 0 bridgehead atoms. The van der Waals surface area contributed by atoms with Gasteiger partial charge in [-0.25, -0.2) is 4.68 Å². The van der Waals surface area contributed by atoms with E-state index in [0.29, 0.717) is 23.6 Å². The maximum Gasteiger partial charge on any atom is 0.325 e. The van der Waals surface area contributed by atoms with Crippen LogP contribution in [0.3, 0.4) is 0 Å². The van der Waals surface area contributed by atoms with Gasteiger partial charge in [-0.1, -0.05) is 5.21 Å². The Labute approximate surface area is 144 Å². The monoisotopic (exact) mass is 348 g/mol. The van der Waals surface area contributed by atoms with Crippen molar-refractivity contribution in [3.63, 3.8) is 0 Å². The van der Waals surface area contributed by atoms with Crippen molar-refractivity contribution in [1.82, 2.24) is 20.3 Å². The van der Waals surface area contributed by atoms with E-state index in [1.54, 1.807) is 26.4 Å². The molecule has 0 aliphatic carbocycles. The molecular formula is C16H20N4O5. The van der Waals surface area contributed by atoms with Crippen LogP contribution in [0.5, 0.6) is 11.5 Å². The number of aromatic nitrogens is 3. The van der Waals surface area contributed by atoms with E-state index in [9.17, 15) is 9.59 Å². The van der Waals surface area contributed by atoms with Gasteiger partial charge in [-0.05, 0) is 30.2 Å². The highest BCUT2D eigenvalue weighted by molar-refractivity contribution is 5.76. The summed E-state index contributed by atoms with van der Waals surface area (Å²) in [7, 11) is 3.15. The number of benzene rings is 1. The molecule has 0 saturated heterocycles. The molecule has 2 aromatic rings. The van der Waals surface area contributed by atoms with Gasteiger partial charge in [0.05, 0.1) is 27.0 Å². The van der Waals surface area contributed by atoms with Crippen molar-refractivity contribution < 1.29 is 24.2 Å². The number of ether oxygens (including phenoxy) is 2. The van der Waals surface area contributed by atoms with Crippen LogP contribution >= 0.6 is 0 Å². The third-order valence-electron chi connectivity index (χ3n) is 3.46. The summed E-state index contributed by atoms with van der Waals surface area (Å²) in [5.74, 6) is 0.238. The van der Waals surface area contributed by atoms with Gasteiger partial charge < -0.3 is 19.9 Å². The fraction of sp³-hybridized carbons (Fsp3) is 0.375. The van der Waals surface area contributed by atoms with E-state index in [4.69, 9.17) is 14.6 Å². The topological polar surface area (TPSA) is 116 Å². The van der Waals surface area contributed by atoms with E-state index >= 15 is 0 Å².